The third kappa shape index (κ3) is 1.48. The average Bonchev–Trinajstić information content (AvgIpc) is 2.05. The highest BCUT2D eigenvalue weighted by Gasteiger charge is 1.91. The van der Waals surface area contributed by atoms with E-state index in [2.05, 4.69) is 6.07 Å². The maximum absolute atomic E-state index is 5.39. The Balaban J connectivity index is 2.87. The summed E-state index contributed by atoms with van der Waals surface area (Å²) < 4.78 is 4.95. The van der Waals surface area contributed by atoms with Crippen LogP contribution in [-0.2, 0) is 6.54 Å². The highest BCUT2D eigenvalue weighted by atomic mass is 16.5. The van der Waals surface area contributed by atoms with Crippen LogP contribution in [0, 0.1) is 6.07 Å². The van der Waals surface area contributed by atoms with E-state index in [0.717, 1.165) is 11.3 Å². The predicted molar refractivity (Wildman–Crippen MR) is 39.7 cm³/mol. The lowest BCUT2D eigenvalue weighted by Gasteiger charge is -1.99. The standard InChI is InChI=1S/C8H10NO/c1-10-8-4-2-3-7(5-8)6-9/h2-4H,6,9H2,1H3. The Morgan fingerprint density at radius 3 is 3.00 bits per heavy atom. The van der Waals surface area contributed by atoms with Crippen molar-refractivity contribution in [1.82, 2.24) is 0 Å². The second-order valence-electron chi connectivity index (χ2n) is 1.95. The van der Waals surface area contributed by atoms with E-state index in [9.17, 15) is 0 Å². The van der Waals surface area contributed by atoms with E-state index in [1.54, 1.807) is 7.11 Å². The minimum Gasteiger partial charge on any atom is -0.496 e. The van der Waals surface area contributed by atoms with Gasteiger partial charge in [-0.2, -0.15) is 0 Å². The quantitative estimate of drug-likeness (QED) is 0.657. The molecule has 1 rings (SSSR count). The Bertz CT molecular complexity index is 191. The van der Waals surface area contributed by atoms with Gasteiger partial charge in [0.05, 0.1) is 7.11 Å². The summed E-state index contributed by atoms with van der Waals surface area (Å²) in [6, 6.07) is 8.66. The fourth-order valence-electron chi connectivity index (χ4n) is 0.731. The Hall–Kier alpha value is -1.02. The molecule has 0 aliphatic rings. The minimum absolute atomic E-state index is 0.511. The van der Waals surface area contributed by atoms with Crippen molar-refractivity contribution in [3.8, 4) is 5.75 Å². The molecule has 0 saturated heterocycles. The van der Waals surface area contributed by atoms with Crippen LogP contribution < -0.4 is 10.5 Å². The molecule has 0 saturated carbocycles. The van der Waals surface area contributed by atoms with Crippen LogP contribution in [0.1, 0.15) is 5.56 Å². The first-order valence-corrected chi connectivity index (χ1v) is 3.12. The molecular weight excluding hydrogens is 126 g/mol. The van der Waals surface area contributed by atoms with E-state index in [1.807, 2.05) is 18.2 Å². The van der Waals surface area contributed by atoms with Gasteiger partial charge in [-0.3, -0.25) is 0 Å². The van der Waals surface area contributed by atoms with Crippen molar-refractivity contribution in [1.29, 1.82) is 0 Å². The molecule has 0 fully saturated rings. The SMILES string of the molecule is COc1[c]c(CN)ccc1. The predicted octanol–water partition coefficient (Wildman–Crippen LogP) is 0.954. The summed E-state index contributed by atoms with van der Waals surface area (Å²) >= 11 is 0. The van der Waals surface area contributed by atoms with E-state index in [-0.39, 0.29) is 0 Å². The summed E-state index contributed by atoms with van der Waals surface area (Å²) in [6.45, 7) is 0.511. The van der Waals surface area contributed by atoms with Gasteiger partial charge >= 0.3 is 0 Å². The van der Waals surface area contributed by atoms with Crippen molar-refractivity contribution in [2.45, 2.75) is 6.54 Å². The van der Waals surface area contributed by atoms with Crippen LogP contribution in [0.4, 0.5) is 0 Å². The minimum atomic E-state index is 0.511. The van der Waals surface area contributed by atoms with E-state index in [0.29, 0.717) is 6.54 Å². The van der Waals surface area contributed by atoms with Gasteiger partial charge in [0.25, 0.3) is 0 Å². The van der Waals surface area contributed by atoms with Gasteiger partial charge in [-0.1, -0.05) is 12.1 Å². The molecule has 0 bridgehead atoms. The largest absolute Gasteiger partial charge is 0.496 e. The van der Waals surface area contributed by atoms with Crippen molar-refractivity contribution in [3.63, 3.8) is 0 Å². The number of rotatable bonds is 2. The molecule has 1 radical (unpaired) electrons. The molecule has 0 aliphatic carbocycles. The Kier molecular flexibility index (Phi) is 2.29. The molecule has 0 aromatic heterocycles. The van der Waals surface area contributed by atoms with Gasteiger partial charge in [0.2, 0.25) is 0 Å². The van der Waals surface area contributed by atoms with Crippen molar-refractivity contribution in [2.24, 2.45) is 5.73 Å². The van der Waals surface area contributed by atoms with Gasteiger partial charge in [0.1, 0.15) is 5.75 Å². The zero-order valence-corrected chi connectivity index (χ0v) is 5.92. The topological polar surface area (TPSA) is 35.2 Å². The maximum Gasteiger partial charge on any atom is 0.127 e. The lowest BCUT2D eigenvalue weighted by Crippen LogP contribution is -1.96. The highest BCUT2D eigenvalue weighted by Crippen LogP contribution is 2.09. The summed E-state index contributed by atoms with van der Waals surface area (Å²) in [4.78, 5) is 0. The fraction of sp³-hybridized carbons (Fsp3) is 0.250. The molecule has 2 heteroatoms. The summed E-state index contributed by atoms with van der Waals surface area (Å²) in [5.74, 6) is 0.739. The van der Waals surface area contributed by atoms with Gasteiger partial charge in [0.15, 0.2) is 0 Å². The van der Waals surface area contributed by atoms with Gasteiger partial charge in [-0.15, -0.1) is 0 Å². The van der Waals surface area contributed by atoms with Crippen LogP contribution in [-0.4, -0.2) is 7.11 Å². The van der Waals surface area contributed by atoms with Crippen LogP contribution in [0.25, 0.3) is 0 Å². The Morgan fingerprint density at radius 2 is 2.40 bits per heavy atom. The number of benzene rings is 1. The molecule has 10 heavy (non-hydrogen) atoms. The molecule has 1 aromatic rings. The molecule has 0 heterocycles. The van der Waals surface area contributed by atoms with Crippen molar-refractivity contribution >= 4 is 0 Å². The molecule has 0 spiro atoms. The normalized spacial score (nSPS) is 9.40. The van der Waals surface area contributed by atoms with Gasteiger partial charge in [0, 0.05) is 12.6 Å². The van der Waals surface area contributed by atoms with E-state index >= 15 is 0 Å². The first-order valence-electron chi connectivity index (χ1n) is 3.12. The third-order valence-electron chi connectivity index (χ3n) is 1.27. The van der Waals surface area contributed by atoms with Crippen LogP contribution in [0.2, 0.25) is 0 Å². The summed E-state index contributed by atoms with van der Waals surface area (Å²) in [5.41, 5.74) is 6.36. The van der Waals surface area contributed by atoms with E-state index in [4.69, 9.17) is 10.5 Å². The van der Waals surface area contributed by atoms with Crippen LogP contribution in [0.15, 0.2) is 18.2 Å². The molecule has 2 N–H and O–H groups in total. The number of nitrogens with two attached hydrogens (primary N) is 1. The molecule has 0 atom stereocenters. The molecule has 2 nitrogen and oxygen atoms in total. The number of hydrogen-bond acceptors (Lipinski definition) is 2. The lowest BCUT2D eigenvalue weighted by molar-refractivity contribution is 0.413. The fourth-order valence-corrected chi connectivity index (χ4v) is 0.731. The smallest absolute Gasteiger partial charge is 0.127 e. The average molecular weight is 136 g/mol. The van der Waals surface area contributed by atoms with E-state index in [1.165, 1.54) is 0 Å². The van der Waals surface area contributed by atoms with Gasteiger partial charge < -0.3 is 10.5 Å². The summed E-state index contributed by atoms with van der Waals surface area (Å²) in [7, 11) is 1.62. The molecule has 0 unspecified atom stereocenters. The Labute approximate surface area is 60.6 Å². The van der Waals surface area contributed by atoms with Gasteiger partial charge in [-0.05, 0) is 11.6 Å². The van der Waals surface area contributed by atoms with Crippen molar-refractivity contribution in [3.05, 3.63) is 29.8 Å². The summed E-state index contributed by atoms with van der Waals surface area (Å²) in [6.07, 6.45) is 0. The van der Waals surface area contributed by atoms with Gasteiger partial charge in [-0.25, -0.2) is 0 Å². The molecule has 53 valence electrons. The van der Waals surface area contributed by atoms with Crippen molar-refractivity contribution < 1.29 is 4.74 Å². The molecule has 1 aromatic carbocycles. The monoisotopic (exact) mass is 136 g/mol. The molecular formula is C8H10NO. The zero-order valence-electron chi connectivity index (χ0n) is 5.92. The third-order valence-corrected chi connectivity index (χ3v) is 1.27. The molecule has 0 aliphatic heterocycles. The number of ether oxygens (including phenoxy) is 1. The number of methoxy groups -OCH3 is 1. The second kappa shape index (κ2) is 3.22. The van der Waals surface area contributed by atoms with Crippen LogP contribution in [0.5, 0.6) is 5.75 Å². The first kappa shape index (κ1) is 7.09. The summed E-state index contributed by atoms with van der Waals surface area (Å²) in [5, 5.41) is 0. The van der Waals surface area contributed by atoms with E-state index < -0.39 is 0 Å². The zero-order chi connectivity index (χ0) is 7.40. The van der Waals surface area contributed by atoms with Crippen LogP contribution in [0.3, 0.4) is 0 Å². The Morgan fingerprint density at radius 1 is 1.60 bits per heavy atom. The first-order chi connectivity index (χ1) is 4.86. The highest BCUT2D eigenvalue weighted by molar-refractivity contribution is 5.26. The lowest BCUT2D eigenvalue weighted by atomic mass is 10.2. The second-order valence-corrected chi connectivity index (χ2v) is 1.95. The van der Waals surface area contributed by atoms with Crippen molar-refractivity contribution in [2.75, 3.05) is 7.11 Å². The molecule has 0 amide bonds. The maximum atomic E-state index is 5.39. The van der Waals surface area contributed by atoms with Crippen LogP contribution >= 0.6 is 0 Å². The number of hydrogen-bond donors (Lipinski definition) is 1.